The molecule has 2 N–H and O–H groups in total. The first-order valence-electron chi connectivity index (χ1n) is 8.73. The highest BCUT2D eigenvalue weighted by molar-refractivity contribution is 5.92. The molecule has 0 amide bonds. The maximum atomic E-state index is 10.4. The topological polar surface area (TPSA) is 76.5 Å². The quantitative estimate of drug-likeness (QED) is 0.525. The van der Waals surface area contributed by atoms with E-state index < -0.39 is 0 Å². The van der Waals surface area contributed by atoms with Crippen LogP contribution in [0.5, 0.6) is 17.2 Å². The number of phenols is 1. The van der Waals surface area contributed by atoms with Gasteiger partial charge in [0.15, 0.2) is 5.82 Å². The van der Waals surface area contributed by atoms with Crippen molar-refractivity contribution in [2.45, 2.75) is 0 Å². The van der Waals surface area contributed by atoms with Crippen LogP contribution in [0.2, 0.25) is 0 Å². The molecule has 6 heteroatoms. The molecule has 0 radical (unpaired) electrons. The van der Waals surface area contributed by atoms with Gasteiger partial charge in [-0.25, -0.2) is 9.97 Å². The Balaban J connectivity index is 1.81. The lowest BCUT2D eigenvalue weighted by molar-refractivity contribution is 0.408. The SMILES string of the molecule is COc1ccc(Nc2nc(-c3ccc(OC)cc3O)nc3ccccc23)cc1. The lowest BCUT2D eigenvalue weighted by atomic mass is 10.1. The Labute approximate surface area is 162 Å². The first-order chi connectivity index (χ1) is 13.7. The average molecular weight is 373 g/mol. The molecule has 0 saturated heterocycles. The van der Waals surface area contributed by atoms with Crippen molar-refractivity contribution in [1.29, 1.82) is 0 Å². The van der Waals surface area contributed by atoms with E-state index >= 15 is 0 Å². The Hall–Kier alpha value is -3.80. The van der Waals surface area contributed by atoms with E-state index in [0.29, 0.717) is 23.0 Å². The number of rotatable bonds is 5. The molecule has 0 unspecified atom stereocenters. The van der Waals surface area contributed by atoms with E-state index in [4.69, 9.17) is 9.47 Å². The second-order valence-corrected chi connectivity index (χ2v) is 6.15. The molecule has 0 spiro atoms. The molecule has 1 aromatic heterocycles. The number of hydrogen-bond acceptors (Lipinski definition) is 6. The van der Waals surface area contributed by atoms with Crippen LogP contribution in [0.25, 0.3) is 22.3 Å². The Bertz CT molecular complexity index is 1130. The standard InChI is InChI=1S/C22H19N3O3/c1-27-15-9-7-14(8-10-15)23-21-17-5-3-4-6-19(17)24-22(25-21)18-12-11-16(28-2)13-20(18)26/h3-13,26H,1-2H3,(H,23,24,25). The minimum absolute atomic E-state index is 0.0602. The van der Waals surface area contributed by atoms with Crippen molar-refractivity contribution in [2.24, 2.45) is 0 Å². The third kappa shape index (κ3) is 3.40. The molecule has 6 nitrogen and oxygen atoms in total. The van der Waals surface area contributed by atoms with Gasteiger partial charge in [0, 0.05) is 17.1 Å². The van der Waals surface area contributed by atoms with Gasteiger partial charge in [-0.15, -0.1) is 0 Å². The maximum Gasteiger partial charge on any atom is 0.165 e. The Kier molecular flexibility index (Phi) is 4.68. The molecular weight excluding hydrogens is 354 g/mol. The van der Waals surface area contributed by atoms with Gasteiger partial charge in [0.05, 0.1) is 25.3 Å². The second kappa shape index (κ2) is 7.44. The summed E-state index contributed by atoms with van der Waals surface area (Å²) in [7, 11) is 3.19. The highest BCUT2D eigenvalue weighted by atomic mass is 16.5. The van der Waals surface area contributed by atoms with Crippen molar-refractivity contribution in [2.75, 3.05) is 19.5 Å². The number of nitrogens with one attached hydrogen (secondary N) is 1. The van der Waals surface area contributed by atoms with Crippen molar-refractivity contribution >= 4 is 22.4 Å². The van der Waals surface area contributed by atoms with Crippen LogP contribution in [0.15, 0.2) is 66.7 Å². The average Bonchev–Trinajstić information content (AvgIpc) is 2.74. The number of methoxy groups -OCH3 is 2. The Morgan fingerprint density at radius 3 is 2.25 bits per heavy atom. The molecule has 0 aliphatic heterocycles. The van der Waals surface area contributed by atoms with Crippen LogP contribution in [0.4, 0.5) is 11.5 Å². The van der Waals surface area contributed by atoms with Gasteiger partial charge in [0.1, 0.15) is 23.1 Å². The monoisotopic (exact) mass is 373 g/mol. The van der Waals surface area contributed by atoms with Gasteiger partial charge >= 0.3 is 0 Å². The second-order valence-electron chi connectivity index (χ2n) is 6.15. The first-order valence-corrected chi connectivity index (χ1v) is 8.73. The minimum Gasteiger partial charge on any atom is -0.507 e. The fourth-order valence-electron chi connectivity index (χ4n) is 2.93. The Morgan fingerprint density at radius 1 is 0.821 bits per heavy atom. The highest BCUT2D eigenvalue weighted by Gasteiger charge is 2.13. The number of aromatic hydroxyl groups is 1. The van der Waals surface area contributed by atoms with Crippen molar-refractivity contribution in [3.63, 3.8) is 0 Å². The van der Waals surface area contributed by atoms with Crippen LogP contribution in [-0.2, 0) is 0 Å². The number of anilines is 2. The minimum atomic E-state index is 0.0602. The smallest absolute Gasteiger partial charge is 0.165 e. The van der Waals surface area contributed by atoms with Crippen molar-refractivity contribution in [3.05, 3.63) is 66.7 Å². The first kappa shape index (κ1) is 17.6. The number of benzene rings is 3. The zero-order valence-corrected chi connectivity index (χ0v) is 15.5. The predicted octanol–water partition coefficient (Wildman–Crippen LogP) is 4.76. The molecule has 0 aliphatic carbocycles. The van der Waals surface area contributed by atoms with Gasteiger partial charge in [0.25, 0.3) is 0 Å². The highest BCUT2D eigenvalue weighted by Crippen LogP contribution is 2.33. The number of aromatic nitrogens is 2. The molecule has 0 bridgehead atoms. The van der Waals surface area contributed by atoms with Crippen LogP contribution in [0.1, 0.15) is 0 Å². The zero-order valence-electron chi connectivity index (χ0n) is 15.5. The van der Waals surface area contributed by atoms with Gasteiger partial charge in [-0.1, -0.05) is 12.1 Å². The maximum absolute atomic E-state index is 10.4. The number of ether oxygens (including phenoxy) is 2. The number of nitrogens with zero attached hydrogens (tertiary/aromatic N) is 2. The largest absolute Gasteiger partial charge is 0.507 e. The summed E-state index contributed by atoms with van der Waals surface area (Å²) in [5.74, 6) is 2.49. The number of fused-ring (bicyclic) bond motifs is 1. The van der Waals surface area contributed by atoms with Crippen molar-refractivity contribution in [1.82, 2.24) is 9.97 Å². The van der Waals surface area contributed by atoms with E-state index in [-0.39, 0.29) is 5.75 Å². The van der Waals surface area contributed by atoms with Gasteiger partial charge < -0.3 is 19.9 Å². The predicted molar refractivity (Wildman–Crippen MR) is 109 cm³/mol. The fourth-order valence-corrected chi connectivity index (χ4v) is 2.93. The molecule has 1 heterocycles. The van der Waals surface area contributed by atoms with Crippen molar-refractivity contribution in [3.8, 4) is 28.6 Å². The third-order valence-electron chi connectivity index (χ3n) is 4.40. The number of hydrogen-bond donors (Lipinski definition) is 2. The molecule has 3 aromatic carbocycles. The van der Waals surface area contributed by atoms with Crippen LogP contribution in [0.3, 0.4) is 0 Å². The van der Waals surface area contributed by atoms with E-state index in [1.54, 1.807) is 32.4 Å². The van der Waals surface area contributed by atoms with Crippen LogP contribution in [-0.4, -0.2) is 29.3 Å². The molecule has 0 atom stereocenters. The summed E-state index contributed by atoms with van der Waals surface area (Å²) in [6, 6.07) is 20.4. The fraction of sp³-hybridized carbons (Fsp3) is 0.0909. The molecule has 0 aliphatic rings. The van der Waals surface area contributed by atoms with Gasteiger partial charge in [-0.3, -0.25) is 0 Å². The lowest BCUT2D eigenvalue weighted by Gasteiger charge is -2.12. The summed E-state index contributed by atoms with van der Waals surface area (Å²) in [4.78, 5) is 9.29. The summed E-state index contributed by atoms with van der Waals surface area (Å²) < 4.78 is 10.4. The molecule has 4 aromatic rings. The van der Waals surface area contributed by atoms with Gasteiger partial charge in [-0.2, -0.15) is 0 Å². The molecule has 0 fully saturated rings. The van der Waals surface area contributed by atoms with Crippen LogP contribution >= 0.6 is 0 Å². The third-order valence-corrected chi connectivity index (χ3v) is 4.40. The summed E-state index contributed by atoms with van der Waals surface area (Å²) in [6.45, 7) is 0. The van der Waals surface area contributed by atoms with Gasteiger partial charge in [0.2, 0.25) is 0 Å². The number of phenolic OH excluding ortho intramolecular Hbond substituents is 1. The van der Waals surface area contributed by atoms with Gasteiger partial charge in [-0.05, 0) is 48.5 Å². The summed E-state index contributed by atoms with van der Waals surface area (Å²) >= 11 is 0. The van der Waals surface area contributed by atoms with Crippen LogP contribution < -0.4 is 14.8 Å². The van der Waals surface area contributed by atoms with E-state index in [0.717, 1.165) is 22.3 Å². The number of para-hydroxylation sites is 1. The molecule has 140 valence electrons. The van der Waals surface area contributed by atoms with E-state index in [1.165, 1.54) is 0 Å². The lowest BCUT2D eigenvalue weighted by Crippen LogP contribution is -1.99. The van der Waals surface area contributed by atoms with E-state index in [9.17, 15) is 5.11 Å². The Morgan fingerprint density at radius 2 is 1.54 bits per heavy atom. The molecule has 28 heavy (non-hydrogen) atoms. The van der Waals surface area contributed by atoms with Crippen LogP contribution in [0, 0.1) is 0 Å². The molecule has 0 saturated carbocycles. The van der Waals surface area contributed by atoms with E-state index in [2.05, 4.69) is 15.3 Å². The molecule has 4 rings (SSSR count). The summed E-state index contributed by atoms with van der Waals surface area (Å²) in [5, 5.41) is 14.6. The van der Waals surface area contributed by atoms with Crippen molar-refractivity contribution < 1.29 is 14.6 Å². The summed E-state index contributed by atoms with van der Waals surface area (Å²) in [5.41, 5.74) is 2.18. The molecular formula is C22H19N3O3. The van der Waals surface area contributed by atoms with E-state index in [1.807, 2.05) is 48.5 Å². The normalized spacial score (nSPS) is 10.6. The summed E-state index contributed by atoms with van der Waals surface area (Å²) in [6.07, 6.45) is 0. The zero-order chi connectivity index (χ0) is 19.5.